The topological polar surface area (TPSA) is 127 Å². The first-order valence-electron chi connectivity index (χ1n) is 3.55. The van der Waals surface area contributed by atoms with Crippen molar-refractivity contribution >= 4 is 17.6 Å². The molecule has 0 aliphatic rings. The smallest absolute Gasteiger partial charge is 0.360 e. The van der Waals surface area contributed by atoms with Crippen LogP contribution in [-0.2, 0) is 4.79 Å². The third kappa shape index (κ3) is 2.34. The van der Waals surface area contributed by atoms with Gasteiger partial charge in [0.05, 0.1) is 6.26 Å². The average molecular weight is 196 g/mol. The fourth-order valence-electron chi connectivity index (χ4n) is 0.718. The third-order valence-corrected chi connectivity index (χ3v) is 1.22. The van der Waals surface area contributed by atoms with Gasteiger partial charge in [-0.2, -0.15) is 0 Å². The van der Waals surface area contributed by atoms with Gasteiger partial charge >= 0.3 is 5.97 Å². The summed E-state index contributed by atoms with van der Waals surface area (Å²) in [6, 6.07) is 2.97. The van der Waals surface area contributed by atoms with Gasteiger partial charge in [0.2, 0.25) is 11.7 Å². The summed E-state index contributed by atoms with van der Waals surface area (Å²) in [5.74, 6) is -1.51. The Morgan fingerprint density at radius 3 is 2.57 bits per heavy atom. The minimum absolute atomic E-state index is 0.0856. The van der Waals surface area contributed by atoms with Crippen molar-refractivity contribution in [3.63, 3.8) is 0 Å². The first kappa shape index (κ1) is 9.78. The lowest BCUT2D eigenvalue weighted by atomic mass is 10.3. The first-order chi connectivity index (χ1) is 6.61. The Bertz CT molecular complexity index is 376. The highest BCUT2D eigenvalue weighted by Gasteiger charge is 2.15. The average Bonchev–Trinajstić information content (AvgIpc) is 2.56. The lowest BCUT2D eigenvalue weighted by Gasteiger charge is -1.93. The molecule has 0 fully saturated rings. The summed E-state index contributed by atoms with van der Waals surface area (Å²) in [5, 5.41) is 15.3. The molecule has 0 radical (unpaired) electrons. The van der Waals surface area contributed by atoms with Crippen LogP contribution in [0.1, 0.15) is 5.76 Å². The van der Waals surface area contributed by atoms with Gasteiger partial charge in [-0.3, -0.25) is 0 Å². The highest BCUT2D eigenvalue weighted by Crippen LogP contribution is 2.03. The molecule has 0 amide bonds. The number of carbonyl (C=O) groups is 1. The van der Waals surface area contributed by atoms with Gasteiger partial charge in [-0.1, -0.05) is 0 Å². The largest absolute Gasteiger partial charge is 0.476 e. The molecule has 7 heteroatoms. The van der Waals surface area contributed by atoms with E-state index in [0.717, 1.165) is 0 Å². The van der Waals surface area contributed by atoms with Gasteiger partial charge in [0, 0.05) is 0 Å². The van der Waals surface area contributed by atoms with E-state index in [1.54, 1.807) is 0 Å². The Hall–Kier alpha value is -2.31. The number of carboxylic acids is 1. The maximum Gasteiger partial charge on any atom is 0.360 e. The number of rotatable bonds is 3. The van der Waals surface area contributed by atoms with Gasteiger partial charge in [0.15, 0.2) is 5.76 Å². The molecule has 0 aliphatic heterocycles. The van der Waals surface area contributed by atoms with Crippen LogP contribution < -0.4 is 11.5 Å². The Morgan fingerprint density at radius 1 is 1.43 bits per heavy atom. The molecule has 1 aromatic rings. The highest BCUT2D eigenvalue weighted by atomic mass is 16.4. The molecule has 1 aromatic heterocycles. The minimum Gasteiger partial charge on any atom is -0.476 e. The summed E-state index contributed by atoms with van der Waals surface area (Å²) < 4.78 is 4.83. The van der Waals surface area contributed by atoms with E-state index in [9.17, 15) is 4.79 Å². The van der Waals surface area contributed by atoms with Crippen molar-refractivity contribution in [3.05, 3.63) is 24.2 Å². The van der Waals surface area contributed by atoms with Crippen LogP contribution in [0, 0.1) is 0 Å². The van der Waals surface area contributed by atoms with Crippen LogP contribution in [-0.4, -0.2) is 22.7 Å². The second-order valence-electron chi connectivity index (χ2n) is 2.26. The molecule has 0 atom stereocenters. The number of nitrogens with zero attached hydrogens (tertiary/aromatic N) is 2. The molecule has 1 heterocycles. The lowest BCUT2D eigenvalue weighted by Crippen LogP contribution is -2.22. The number of hydrogen-bond acceptors (Lipinski definition) is 4. The first-order valence-corrected chi connectivity index (χ1v) is 3.55. The van der Waals surface area contributed by atoms with Crippen LogP contribution in [0.15, 0.2) is 33.0 Å². The predicted octanol–water partition coefficient (Wildman–Crippen LogP) is -0.658. The van der Waals surface area contributed by atoms with E-state index in [4.69, 9.17) is 21.0 Å². The molecule has 0 aromatic carbocycles. The molecule has 0 aliphatic carbocycles. The summed E-state index contributed by atoms with van der Waals surface area (Å²) in [4.78, 5) is 10.7. The molecule has 5 N–H and O–H groups in total. The van der Waals surface area contributed by atoms with Crippen LogP contribution >= 0.6 is 0 Å². The molecule has 0 saturated carbocycles. The highest BCUT2D eigenvalue weighted by molar-refractivity contribution is 6.41. The molecular formula is C7H8N4O3. The quantitative estimate of drug-likeness (QED) is 0.336. The Kier molecular flexibility index (Phi) is 2.85. The standard InChI is InChI=1S/C7H8N4O3/c8-7(9)11-10-5(6(12)13)4-2-1-3-14-4/h1-3H,(H,12,13)(H4,8,9,11)/b10-5+. The molecule has 0 bridgehead atoms. The number of nitrogens with two attached hydrogens (primary N) is 2. The van der Waals surface area contributed by atoms with E-state index in [1.165, 1.54) is 18.4 Å². The zero-order valence-electron chi connectivity index (χ0n) is 7.04. The van der Waals surface area contributed by atoms with E-state index in [2.05, 4.69) is 10.2 Å². The summed E-state index contributed by atoms with van der Waals surface area (Å²) in [5.41, 5.74) is 9.62. The number of hydrogen-bond donors (Lipinski definition) is 3. The number of furan rings is 1. The van der Waals surface area contributed by atoms with E-state index < -0.39 is 5.97 Å². The fraction of sp³-hybridized carbons (Fsp3) is 0. The second kappa shape index (κ2) is 4.08. The van der Waals surface area contributed by atoms with Crippen molar-refractivity contribution in [3.8, 4) is 0 Å². The zero-order chi connectivity index (χ0) is 10.6. The SMILES string of the molecule is NC(N)=N/N=C(/C(=O)O)c1ccco1. The molecule has 7 nitrogen and oxygen atoms in total. The maximum absolute atomic E-state index is 10.7. The predicted molar refractivity (Wildman–Crippen MR) is 48.7 cm³/mol. The molecule has 1 rings (SSSR count). The van der Waals surface area contributed by atoms with Crippen molar-refractivity contribution < 1.29 is 14.3 Å². The van der Waals surface area contributed by atoms with Crippen molar-refractivity contribution in [2.75, 3.05) is 0 Å². The lowest BCUT2D eigenvalue weighted by molar-refractivity contribution is -0.129. The van der Waals surface area contributed by atoms with Crippen LogP contribution in [0.3, 0.4) is 0 Å². The number of guanidine groups is 1. The molecular weight excluding hydrogens is 188 g/mol. The van der Waals surface area contributed by atoms with E-state index in [1.807, 2.05) is 0 Å². The van der Waals surface area contributed by atoms with Crippen LogP contribution in [0.25, 0.3) is 0 Å². The molecule has 14 heavy (non-hydrogen) atoms. The molecule has 0 spiro atoms. The summed E-state index contributed by atoms with van der Waals surface area (Å²) in [7, 11) is 0. The monoisotopic (exact) mass is 196 g/mol. The number of carboxylic acid groups (broad SMARTS) is 1. The van der Waals surface area contributed by atoms with Gasteiger partial charge in [-0.25, -0.2) is 4.79 Å². The van der Waals surface area contributed by atoms with Gasteiger partial charge in [0.25, 0.3) is 0 Å². The van der Waals surface area contributed by atoms with E-state index in [-0.39, 0.29) is 17.4 Å². The van der Waals surface area contributed by atoms with Crippen LogP contribution in [0.2, 0.25) is 0 Å². The van der Waals surface area contributed by atoms with Crippen LogP contribution in [0.4, 0.5) is 0 Å². The summed E-state index contributed by atoms with van der Waals surface area (Å²) in [6.07, 6.45) is 1.32. The van der Waals surface area contributed by atoms with Crippen molar-refractivity contribution in [2.45, 2.75) is 0 Å². The Morgan fingerprint density at radius 2 is 2.14 bits per heavy atom. The zero-order valence-corrected chi connectivity index (χ0v) is 7.04. The number of aliphatic carboxylic acids is 1. The minimum atomic E-state index is -1.27. The Balaban J connectivity index is 3.03. The van der Waals surface area contributed by atoms with Gasteiger partial charge in [-0.15, -0.1) is 10.2 Å². The van der Waals surface area contributed by atoms with Gasteiger partial charge < -0.3 is 21.0 Å². The van der Waals surface area contributed by atoms with Gasteiger partial charge in [-0.05, 0) is 12.1 Å². The maximum atomic E-state index is 10.7. The van der Waals surface area contributed by atoms with Crippen LogP contribution in [0.5, 0.6) is 0 Å². The molecule has 0 unspecified atom stereocenters. The van der Waals surface area contributed by atoms with E-state index >= 15 is 0 Å². The third-order valence-electron chi connectivity index (χ3n) is 1.22. The summed E-state index contributed by atoms with van der Waals surface area (Å²) >= 11 is 0. The van der Waals surface area contributed by atoms with Crippen molar-refractivity contribution in [1.82, 2.24) is 0 Å². The van der Waals surface area contributed by atoms with Gasteiger partial charge in [0.1, 0.15) is 0 Å². The molecule has 0 saturated heterocycles. The Labute approximate surface area is 78.7 Å². The summed E-state index contributed by atoms with van der Waals surface area (Å²) in [6.45, 7) is 0. The second-order valence-corrected chi connectivity index (χ2v) is 2.26. The molecule has 74 valence electrons. The van der Waals surface area contributed by atoms with E-state index in [0.29, 0.717) is 0 Å². The van der Waals surface area contributed by atoms with Crippen molar-refractivity contribution in [1.29, 1.82) is 0 Å². The normalized spacial score (nSPS) is 11.0. The van der Waals surface area contributed by atoms with Crippen molar-refractivity contribution in [2.24, 2.45) is 21.7 Å². The fourth-order valence-corrected chi connectivity index (χ4v) is 0.718.